The summed E-state index contributed by atoms with van der Waals surface area (Å²) >= 11 is 7.35. The van der Waals surface area contributed by atoms with Crippen molar-refractivity contribution in [1.82, 2.24) is 20.4 Å². The van der Waals surface area contributed by atoms with Crippen molar-refractivity contribution in [1.29, 1.82) is 0 Å². The Morgan fingerprint density at radius 3 is 2.46 bits per heavy atom. The van der Waals surface area contributed by atoms with Gasteiger partial charge in [0.2, 0.25) is 0 Å². The number of nitrogens with one attached hydrogen (secondary N) is 2. The highest BCUT2D eigenvalue weighted by molar-refractivity contribution is 14.0. The van der Waals surface area contributed by atoms with Crippen molar-refractivity contribution in [3.05, 3.63) is 21.3 Å². The monoisotopic (exact) mass is 543 g/mol. The Kier molecular flexibility index (Phi) is 12.9. The van der Waals surface area contributed by atoms with Gasteiger partial charge in [-0.3, -0.25) is 4.99 Å². The van der Waals surface area contributed by atoms with E-state index in [0.29, 0.717) is 16.8 Å². The van der Waals surface area contributed by atoms with E-state index in [1.165, 1.54) is 24.4 Å². The molecule has 0 amide bonds. The number of guanidine groups is 1. The molecule has 0 saturated carbocycles. The summed E-state index contributed by atoms with van der Waals surface area (Å²) in [4.78, 5) is 10.6. The van der Waals surface area contributed by atoms with Gasteiger partial charge in [0.05, 0.1) is 4.34 Å². The van der Waals surface area contributed by atoms with Gasteiger partial charge < -0.3 is 25.5 Å². The predicted octanol–water partition coefficient (Wildman–Crippen LogP) is 2.88. The summed E-state index contributed by atoms with van der Waals surface area (Å²) in [5.41, 5.74) is 0. The molecule has 1 aromatic heterocycles. The Morgan fingerprint density at radius 2 is 1.89 bits per heavy atom. The maximum absolute atomic E-state index is 10.3. The lowest BCUT2D eigenvalue weighted by atomic mass is 10.1. The number of piperazine rings is 1. The average Bonchev–Trinajstić information content (AvgIpc) is 3.11. The molecule has 2 atom stereocenters. The van der Waals surface area contributed by atoms with E-state index in [9.17, 15) is 5.11 Å². The average molecular weight is 544 g/mol. The topological polar surface area (TPSA) is 63.1 Å². The van der Waals surface area contributed by atoms with Crippen LogP contribution in [-0.2, 0) is 0 Å². The van der Waals surface area contributed by atoms with Crippen molar-refractivity contribution in [2.24, 2.45) is 10.9 Å². The summed E-state index contributed by atoms with van der Waals surface area (Å²) in [7, 11) is 0. The van der Waals surface area contributed by atoms with Gasteiger partial charge in [0, 0.05) is 57.2 Å². The zero-order chi connectivity index (χ0) is 19.6. The van der Waals surface area contributed by atoms with E-state index >= 15 is 0 Å². The molecule has 9 heteroatoms. The van der Waals surface area contributed by atoms with Gasteiger partial charge in [-0.25, -0.2) is 0 Å². The number of likely N-dealkylation sites (N-methyl/N-ethyl adjacent to an activating group) is 1. The Labute approximate surface area is 195 Å². The first kappa shape index (κ1) is 25.9. The number of thiophene rings is 1. The molecule has 3 N–H and O–H groups in total. The number of hydrogen-bond acceptors (Lipinski definition) is 5. The number of nitrogens with zero attached hydrogens (tertiary/aromatic N) is 3. The minimum absolute atomic E-state index is 0. The molecule has 162 valence electrons. The molecule has 6 nitrogen and oxygen atoms in total. The number of rotatable bonds is 9. The molecule has 0 bridgehead atoms. The van der Waals surface area contributed by atoms with Crippen LogP contribution in [-0.4, -0.2) is 79.8 Å². The largest absolute Gasteiger partial charge is 0.386 e. The van der Waals surface area contributed by atoms with Crippen molar-refractivity contribution >= 4 is 52.9 Å². The van der Waals surface area contributed by atoms with Crippen LogP contribution in [0.2, 0.25) is 4.34 Å². The van der Waals surface area contributed by atoms with Gasteiger partial charge >= 0.3 is 0 Å². The lowest BCUT2D eigenvalue weighted by molar-refractivity contribution is 0.125. The van der Waals surface area contributed by atoms with Crippen LogP contribution in [0, 0.1) is 5.92 Å². The van der Waals surface area contributed by atoms with Gasteiger partial charge in [-0.15, -0.1) is 35.3 Å². The van der Waals surface area contributed by atoms with Crippen molar-refractivity contribution in [3.8, 4) is 0 Å². The molecular formula is C19H35ClIN5OS. The van der Waals surface area contributed by atoms with Crippen LogP contribution in [0.5, 0.6) is 0 Å². The molecule has 0 radical (unpaired) electrons. The van der Waals surface area contributed by atoms with E-state index in [1.54, 1.807) is 0 Å². The zero-order valence-corrected chi connectivity index (χ0v) is 21.1. The van der Waals surface area contributed by atoms with Crippen molar-refractivity contribution < 1.29 is 5.11 Å². The molecule has 2 unspecified atom stereocenters. The normalized spacial score (nSPS) is 18.4. The zero-order valence-electron chi connectivity index (χ0n) is 17.2. The summed E-state index contributed by atoms with van der Waals surface area (Å²) in [6.45, 7) is 15.4. The van der Waals surface area contributed by atoms with Gasteiger partial charge in [-0.2, -0.15) is 0 Å². The lowest BCUT2D eigenvalue weighted by Gasteiger charge is -2.35. The van der Waals surface area contributed by atoms with Crippen LogP contribution in [0.4, 0.5) is 0 Å². The SMILES string of the molecule is CCNC(=NCC(C)CN1CCN(CC)CC1)NCC(O)c1ccc(Cl)s1.I. The van der Waals surface area contributed by atoms with Crippen molar-refractivity contribution in [2.45, 2.75) is 26.9 Å². The third kappa shape index (κ3) is 9.13. The molecule has 28 heavy (non-hydrogen) atoms. The molecule has 0 aromatic carbocycles. The lowest BCUT2D eigenvalue weighted by Crippen LogP contribution is -2.47. The maximum Gasteiger partial charge on any atom is 0.191 e. The number of aliphatic imine (C=N–C) groups is 1. The first-order valence-corrected chi connectivity index (χ1v) is 11.1. The molecule has 2 rings (SSSR count). The third-order valence-electron chi connectivity index (χ3n) is 4.77. The second-order valence-corrected chi connectivity index (χ2v) is 8.84. The highest BCUT2D eigenvalue weighted by Crippen LogP contribution is 2.26. The Balaban J connectivity index is 0.00000392. The van der Waals surface area contributed by atoms with Gasteiger partial charge in [0.1, 0.15) is 6.10 Å². The first-order chi connectivity index (χ1) is 13.0. The number of halogens is 2. The number of hydrogen-bond donors (Lipinski definition) is 3. The van der Waals surface area contributed by atoms with Crippen LogP contribution in [0.3, 0.4) is 0 Å². The van der Waals surface area contributed by atoms with Gasteiger partial charge in [-0.1, -0.05) is 25.4 Å². The van der Waals surface area contributed by atoms with E-state index in [0.717, 1.165) is 50.1 Å². The van der Waals surface area contributed by atoms with E-state index in [1.807, 2.05) is 19.1 Å². The molecule has 1 saturated heterocycles. The van der Waals surface area contributed by atoms with E-state index in [4.69, 9.17) is 16.6 Å². The van der Waals surface area contributed by atoms with Gasteiger partial charge in [0.25, 0.3) is 0 Å². The van der Waals surface area contributed by atoms with Crippen LogP contribution in [0.1, 0.15) is 31.8 Å². The summed E-state index contributed by atoms with van der Waals surface area (Å²) in [5.74, 6) is 1.25. The summed E-state index contributed by atoms with van der Waals surface area (Å²) < 4.78 is 0.693. The van der Waals surface area contributed by atoms with Crippen LogP contribution in [0.25, 0.3) is 0 Å². The molecule has 0 aliphatic carbocycles. The van der Waals surface area contributed by atoms with Crippen LogP contribution in [0.15, 0.2) is 17.1 Å². The van der Waals surface area contributed by atoms with Gasteiger partial charge in [-0.05, 0) is 31.5 Å². The fraction of sp³-hybridized carbons (Fsp3) is 0.737. The van der Waals surface area contributed by atoms with Crippen LogP contribution >= 0.6 is 46.9 Å². The fourth-order valence-electron chi connectivity index (χ4n) is 3.18. The Bertz CT molecular complexity index is 580. The molecule has 1 aromatic rings. The van der Waals surface area contributed by atoms with Crippen molar-refractivity contribution in [3.63, 3.8) is 0 Å². The van der Waals surface area contributed by atoms with E-state index in [2.05, 4.69) is 34.3 Å². The minimum Gasteiger partial charge on any atom is -0.386 e. The standard InChI is InChI=1S/C19H34ClN5OS.HI/c1-4-21-19(23-13-16(26)17-6-7-18(20)27-17)22-12-15(3)14-25-10-8-24(5-2)9-11-25;/h6-7,15-16,26H,4-5,8-14H2,1-3H3,(H2,21,22,23);1H. The Hall–Kier alpha value is -0.130. The predicted molar refractivity (Wildman–Crippen MR) is 131 cm³/mol. The van der Waals surface area contributed by atoms with E-state index < -0.39 is 6.10 Å². The quantitative estimate of drug-likeness (QED) is 0.254. The first-order valence-electron chi connectivity index (χ1n) is 9.92. The third-order valence-corrected chi connectivity index (χ3v) is 6.10. The maximum atomic E-state index is 10.3. The molecule has 1 fully saturated rings. The highest BCUT2D eigenvalue weighted by atomic mass is 127. The molecule has 1 aliphatic rings. The van der Waals surface area contributed by atoms with Crippen molar-refractivity contribution in [2.75, 3.05) is 58.9 Å². The second-order valence-electron chi connectivity index (χ2n) is 7.10. The molecule has 1 aliphatic heterocycles. The molecule has 0 spiro atoms. The Morgan fingerprint density at radius 1 is 1.21 bits per heavy atom. The minimum atomic E-state index is -0.585. The second kappa shape index (κ2) is 14.0. The molecule has 2 heterocycles. The number of aliphatic hydroxyl groups excluding tert-OH is 1. The smallest absolute Gasteiger partial charge is 0.191 e. The highest BCUT2D eigenvalue weighted by Gasteiger charge is 2.17. The van der Waals surface area contributed by atoms with E-state index in [-0.39, 0.29) is 24.0 Å². The van der Waals surface area contributed by atoms with Gasteiger partial charge in [0.15, 0.2) is 5.96 Å². The fourth-order valence-corrected chi connectivity index (χ4v) is 4.22. The summed E-state index contributed by atoms with van der Waals surface area (Å²) in [6, 6.07) is 3.68. The summed E-state index contributed by atoms with van der Waals surface area (Å²) in [6.07, 6.45) is -0.585. The van der Waals surface area contributed by atoms with Crippen LogP contribution < -0.4 is 10.6 Å². The summed E-state index contributed by atoms with van der Waals surface area (Å²) in [5, 5.41) is 16.8. The number of aliphatic hydroxyl groups is 1. The molecular weight excluding hydrogens is 509 g/mol.